The van der Waals surface area contributed by atoms with Crippen LogP contribution in [0, 0.1) is 3.57 Å². The highest BCUT2D eigenvalue weighted by Crippen LogP contribution is 2.11. The van der Waals surface area contributed by atoms with Crippen LogP contribution in [-0.4, -0.2) is 37.0 Å². The monoisotopic (exact) mass is 438 g/mol. The fourth-order valence-electron chi connectivity index (χ4n) is 2.19. The predicted molar refractivity (Wildman–Crippen MR) is 102 cm³/mol. The molecule has 0 aliphatic rings. The minimum Gasteiger partial charge on any atom is -0.468 e. The molecular formula is C18H19IN2O3. The highest BCUT2D eigenvalue weighted by molar-refractivity contribution is 14.1. The summed E-state index contributed by atoms with van der Waals surface area (Å²) in [5, 5.41) is 2.84. The van der Waals surface area contributed by atoms with Crippen molar-refractivity contribution in [3.63, 3.8) is 0 Å². The first-order valence-electron chi connectivity index (χ1n) is 7.45. The Hall–Kier alpha value is -1.93. The van der Waals surface area contributed by atoms with Crippen molar-refractivity contribution in [2.75, 3.05) is 25.5 Å². The lowest BCUT2D eigenvalue weighted by atomic mass is 10.2. The van der Waals surface area contributed by atoms with Gasteiger partial charge in [-0.05, 0) is 52.4 Å². The van der Waals surface area contributed by atoms with E-state index in [9.17, 15) is 9.59 Å². The van der Waals surface area contributed by atoms with Gasteiger partial charge in [-0.25, -0.2) is 0 Å². The van der Waals surface area contributed by atoms with Crippen molar-refractivity contribution in [1.29, 1.82) is 0 Å². The Morgan fingerprint density at radius 1 is 1.04 bits per heavy atom. The van der Waals surface area contributed by atoms with E-state index in [-0.39, 0.29) is 25.0 Å². The number of hydrogen-bond donors (Lipinski definition) is 1. The first-order valence-corrected chi connectivity index (χ1v) is 8.53. The summed E-state index contributed by atoms with van der Waals surface area (Å²) >= 11 is 2.21. The Bertz CT molecular complexity index is 674. The van der Waals surface area contributed by atoms with Gasteiger partial charge in [0.15, 0.2) is 0 Å². The van der Waals surface area contributed by atoms with E-state index in [1.165, 1.54) is 7.11 Å². The number of ether oxygens (including phenoxy) is 1. The number of methoxy groups -OCH3 is 1. The molecule has 0 bridgehead atoms. The number of benzene rings is 2. The molecule has 0 spiro atoms. The number of carbonyl (C=O) groups excluding carboxylic acids is 2. The van der Waals surface area contributed by atoms with Crippen LogP contribution in [0.4, 0.5) is 5.69 Å². The summed E-state index contributed by atoms with van der Waals surface area (Å²) in [4.78, 5) is 25.6. The van der Waals surface area contributed by atoms with Gasteiger partial charge in [-0.15, -0.1) is 0 Å². The zero-order valence-corrected chi connectivity index (χ0v) is 15.5. The maximum Gasteiger partial charge on any atom is 0.319 e. The van der Waals surface area contributed by atoms with Crippen LogP contribution in [0.1, 0.15) is 5.56 Å². The summed E-state index contributed by atoms with van der Waals surface area (Å²) < 4.78 is 5.82. The van der Waals surface area contributed by atoms with E-state index >= 15 is 0 Å². The highest BCUT2D eigenvalue weighted by Gasteiger charge is 2.15. The minimum atomic E-state index is -0.368. The van der Waals surface area contributed by atoms with Gasteiger partial charge in [0.1, 0.15) is 0 Å². The zero-order valence-electron chi connectivity index (χ0n) is 13.4. The molecule has 2 aromatic rings. The molecule has 2 rings (SSSR count). The van der Waals surface area contributed by atoms with E-state index in [0.717, 1.165) is 14.8 Å². The lowest BCUT2D eigenvalue weighted by molar-refractivity contribution is -0.142. The first-order chi connectivity index (χ1) is 11.6. The zero-order chi connectivity index (χ0) is 17.4. The maximum atomic E-state index is 12.3. The Morgan fingerprint density at radius 2 is 1.71 bits per heavy atom. The molecule has 1 N–H and O–H groups in total. The summed E-state index contributed by atoms with van der Waals surface area (Å²) in [7, 11) is 1.34. The Morgan fingerprint density at radius 3 is 2.33 bits per heavy atom. The standard InChI is InChI=1S/C18H19IN2O3/c1-24-18(23)13-21(11-14-5-3-2-4-6-14)12-17(22)20-16-9-7-15(19)8-10-16/h2-10H,11-13H2,1H3,(H,20,22). The number of anilines is 1. The van der Waals surface area contributed by atoms with Crippen LogP contribution >= 0.6 is 22.6 Å². The SMILES string of the molecule is COC(=O)CN(CC(=O)Nc1ccc(I)cc1)Cc1ccccc1. The molecule has 0 saturated heterocycles. The molecule has 0 aromatic heterocycles. The second kappa shape index (κ2) is 9.39. The molecule has 24 heavy (non-hydrogen) atoms. The van der Waals surface area contributed by atoms with Gasteiger partial charge in [-0.3, -0.25) is 14.5 Å². The smallest absolute Gasteiger partial charge is 0.319 e. The van der Waals surface area contributed by atoms with Gasteiger partial charge in [0.25, 0.3) is 0 Å². The van der Waals surface area contributed by atoms with Crippen LogP contribution in [0.25, 0.3) is 0 Å². The van der Waals surface area contributed by atoms with E-state index in [4.69, 9.17) is 4.74 Å². The number of amides is 1. The molecule has 126 valence electrons. The number of carbonyl (C=O) groups is 2. The van der Waals surface area contributed by atoms with Gasteiger partial charge in [0.05, 0.1) is 20.2 Å². The summed E-state index contributed by atoms with van der Waals surface area (Å²) in [5.41, 5.74) is 1.77. The van der Waals surface area contributed by atoms with Crippen LogP contribution in [0.5, 0.6) is 0 Å². The third-order valence-electron chi connectivity index (χ3n) is 3.32. The van der Waals surface area contributed by atoms with Gasteiger partial charge in [-0.1, -0.05) is 30.3 Å². The number of halogens is 1. The Labute approximate surface area is 155 Å². The van der Waals surface area contributed by atoms with Crippen molar-refractivity contribution in [2.45, 2.75) is 6.54 Å². The second-order valence-corrected chi connectivity index (χ2v) is 6.51. The molecular weight excluding hydrogens is 419 g/mol. The molecule has 0 radical (unpaired) electrons. The number of nitrogens with one attached hydrogen (secondary N) is 1. The third kappa shape index (κ3) is 6.29. The Balaban J connectivity index is 1.99. The molecule has 0 saturated carbocycles. The first kappa shape index (κ1) is 18.4. The van der Waals surface area contributed by atoms with E-state index in [1.54, 1.807) is 4.90 Å². The van der Waals surface area contributed by atoms with Crippen LogP contribution in [0.3, 0.4) is 0 Å². The summed E-state index contributed by atoms with van der Waals surface area (Å²) in [5.74, 6) is -0.538. The van der Waals surface area contributed by atoms with E-state index in [2.05, 4.69) is 27.9 Å². The largest absolute Gasteiger partial charge is 0.468 e. The number of rotatable bonds is 7. The van der Waals surface area contributed by atoms with Crippen molar-refractivity contribution in [3.05, 3.63) is 63.7 Å². The molecule has 6 heteroatoms. The van der Waals surface area contributed by atoms with Crippen LogP contribution in [-0.2, 0) is 20.9 Å². The van der Waals surface area contributed by atoms with Gasteiger partial charge in [0, 0.05) is 15.8 Å². The second-order valence-electron chi connectivity index (χ2n) is 5.26. The normalized spacial score (nSPS) is 10.5. The molecule has 0 fully saturated rings. The fourth-order valence-corrected chi connectivity index (χ4v) is 2.55. The van der Waals surface area contributed by atoms with E-state index in [0.29, 0.717) is 6.54 Å². The Kier molecular flexibility index (Phi) is 7.20. The summed E-state index contributed by atoms with van der Waals surface area (Å²) in [6.07, 6.45) is 0. The third-order valence-corrected chi connectivity index (χ3v) is 4.04. The van der Waals surface area contributed by atoms with E-state index in [1.807, 2.05) is 54.6 Å². The number of hydrogen-bond acceptors (Lipinski definition) is 4. The van der Waals surface area contributed by atoms with Crippen LogP contribution in [0.15, 0.2) is 54.6 Å². The quantitative estimate of drug-likeness (QED) is 0.534. The molecule has 5 nitrogen and oxygen atoms in total. The summed E-state index contributed by atoms with van der Waals surface area (Å²) in [6.45, 7) is 0.664. The van der Waals surface area contributed by atoms with Gasteiger partial charge in [0.2, 0.25) is 5.91 Å². The van der Waals surface area contributed by atoms with Crippen LogP contribution < -0.4 is 5.32 Å². The van der Waals surface area contributed by atoms with Crippen molar-refractivity contribution in [1.82, 2.24) is 4.90 Å². The van der Waals surface area contributed by atoms with Gasteiger partial charge < -0.3 is 10.1 Å². The lowest BCUT2D eigenvalue weighted by Gasteiger charge is -2.20. The van der Waals surface area contributed by atoms with E-state index < -0.39 is 0 Å². The minimum absolute atomic E-state index is 0.0610. The summed E-state index contributed by atoms with van der Waals surface area (Å²) in [6, 6.07) is 17.2. The predicted octanol–water partition coefficient (Wildman–Crippen LogP) is 2.90. The fraction of sp³-hybridized carbons (Fsp3) is 0.222. The molecule has 0 heterocycles. The van der Waals surface area contributed by atoms with Crippen molar-refractivity contribution >= 4 is 40.2 Å². The van der Waals surface area contributed by atoms with Crippen molar-refractivity contribution < 1.29 is 14.3 Å². The molecule has 0 unspecified atom stereocenters. The number of esters is 1. The highest BCUT2D eigenvalue weighted by atomic mass is 127. The van der Waals surface area contributed by atoms with Crippen molar-refractivity contribution in [3.8, 4) is 0 Å². The van der Waals surface area contributed by atoms with Gasteiger partial charge in [-0.2, -0.15) is 0 Å². The van der Waals surface area contributed by atoms with Crippen LogP contribution in [0.2, 0.25) is 0 Å². The van der Waals surface area contributed by atoms with Gasteiger partial charge >= 0.3 is 5.97 Å². The van der Waals surface area contributed by atoms with Crippen molar-refractivity contribution in [2.24, 2.45) is 0 Å². The molecule has 0 atom stereocenters. The average Bonchev–Trinajstić information content (AvgIpc) is 2.57. The molecule has 2 aromatic carbocycles. The molecule has 1 amide bonds. The lowest BCUT2D eigenvalue weighted by Crippen LogP contribution is -2.36. The number of nitrogens with zero attached hydrogens (tertiary/aromatic N) is 1. The topological polar surface area (TPSA) is 58.6 Å². The average molecular weight is 438 g/mol. The molecule has 0 aliphatic carbocycles. The molecule has 0 aliphatic heterocycles. The maximum absolute atomic E-state index is 12.3.